The van der Waals surface area contributed by atoms with Crippen molar-refractivity contribution >= 4 is 22.7 Å². The molecule has 0 unspecified atom stereocenters. The van der Waals surface area contributed by atoms with Gasteiger partial charge in [0.1, 0.15) is 17.0 Å². The number of carbonyl (C=O) groups excluding carboxylic acids is 1. The average Bonchev–Trinajstić information content (AvgIpc) is 3.17. The first kappa shape index (κ1) is 17.6. The van der Waals surface area contributed by atoms with E-state index in [0.29, 0.717) is 39.8 Å². The molecule has 140 valence electrons. The van der Waals surface area contributed by atoms with Crippen molar-refractivity contribution in [3.63, 3.8) is 0 Å². The van der Waals surface area contributed by atoms with E-state index in [0.717, 1.165) is 5.52 Å². The number of oxazole rings is 1. The number of carbonyl (C=O) groups is 1. The number of para-hydroxylation sites is 3. The van der Waals surface area contributed by atoms with E-state index in [2.05, 4.69) is 10.3 Å². The molecule has 4 aromatic rings. The summed E-state index contributed by atoms with van der Waals surface area (Å²) in [5.41, 5.74) is 3.17. The van der Waals surface area contributed by atoms with E-state index in [1.54, 1.807) is 38.5 Å². The molecule has 0 aliphatic rings. The largest absolute Gasteiger partial charge is 0.497 e. The van der Waals surface area contributed by atoms with E-state index in [-0.39, 0.29) is 5.91 Å². The summed E-state index contributed by atoms with van der Waals surface area (Å²) >= 11 is 0. The van der Waals surface area contributed by atoms with Gasteiger partial charge in [-0.15, -0.1) is 0 Å². The van der Waals surface area contributed by atoms with Crippen molar-refractivity contribution in [2.75, 3.05) is 19.5 Å². The topological polar surface area (TPSA) is 73.6 Å². The van der Waals surface area contributed by atoms with Gasteiger partial charge in [0.05, 0.1) is 25.5 Å². The lowest BCUT2D eigenvalue weighted by atomic mass is 10.1. The zero-order valence-corrected chi connectivity index (χ0v) is 15.4. The highest BCUT2D eigenvalue weighted by Gasteiger charge is 2.16. The maximum absolute atomic E-state index is 12.8. The van der Waals surface area contributed by atoms with Crippen LogP contribution < -0.4 is 14.8 Å². The molecule has 1 N–H and O–H groups in total. The number of aromatic nitrogens is 1. The lowest BCUT2D eigenvalue weighted by Crippen LogP contribution is -2.13. The maximum Gasteiger partial charge on any atom is 0.255 e. The van der Waals surface area contributed by atoms with Gasteiger partial charge in [0.25, 0.3) is 5.91 Å². The van der Waals surface area contributed by atoms with Crippen LogP contribution in [0.3, 0.4) is 0 Å². The van der Waals surface area contributed by atoms with Crippen LogP contribution >= 0.6 is 0 Å². The molecular weight excluding hydrogens is 356 g/mol. The first-order valence-corrected chi connectivity index (χ1v) is 8.67. The highest BCUT2D eigenvalue weighted by Crippen LogP contribution is 2.31. The second kappa shape index (κ2) is 7.44. The van der Waals surface area contributed by atoms with Crippen molar-refractivity contribution in [2.24, 2.45) is 0 Å². The molecule has 0 aliphatic carbocycles. The summed E-state index contributed by atoms with van der Waals surface area (Å²) in [6.45, 7) is 0. The number of methoxy groups -OCH3 is 2. The molecule has 0 bridgehead atoms. The fraction of sp³-hybridized carbons (Fsp3) is 0.0909. The van der Waals surface area contributed by atoms with Crippen molar-refractivity contribution in [2.45, 2.75) is 0 Å². The Morgan fingerprint density at radius 2 is 1.61 bits per heavy atom. The molecule has 6 nitrogen and oxygen atoms in total. The molecule has 0 saturated heterocycles. The minimum absolute atomic E-state index is 0.291. The van der Waals surface area contributed by atoms with E-state index >= 15 is 0 Å². The minimum Gasteiger partial charge on any atom is -0.497 e. The monoisotopic (exact) mass is 374 g/mol. The zero-order chi connectivity index (χ0) is 19.5. The SMILES string of the molecule is COc1cc(OC)cc(C(=O)Nc2ccccc2-c2nc3ccccc3o2)c1. The van der Waals surface area contributed by atoms with E-state index in [1.165, 1.54) is 0 Å². The lowest BCUT2D eigenvalue weighted by Gasteiger charge is -2.11. The Kier molecular flexibility index (Phi) is 4.68. The third kappa shape index (κ3) is 3.40. The molecule has 0 spiro atoms. The molecule has 1 aromatic heterocycles. The fourth-order valence-corrected chi connectivity index (χ4v) is 2.90. The van der Waals surface area contributed by atoms with Crippen molar-refractivity contribution in [3.05, 3.63) is 72.3 Å². The normalized spacial score (nSPS) is 10.6. The van der Waals surface area contributed by atoms with Crippen LogP contribution in [-0.2, 0) is 0 Å². The van der Waals surface area contributed by atoms with Gasteiger partial charge >= 0.3 is 0 Å². The Morgan fingerprint density at radius 3 is 2.32 bits per heavy atom. The van der Waals surface area contributed by atoms with Crippen LogP contribution in [0.15, 0.2) is 71.1 Å². The molecule has 4 rings (SSSR count). The molecule has 0 saturated carbocycles. The Morgan fingerprint density at radius 1 is 0.929 bits per heavy atom. The number of benzene rings is 3. The molecule has 0 aliphatic heterocycles. The summed E-state index contributed by atoms with van der Waals surface area (Å²) in [6, 6.07) is 19.9. The van der Waals surface area contributed by atoms with Crippen LogP contribution in [-0.4, -0.2) is 25.1 Å². The van der Waals surface area contributed by atoms with Crippen LogP contribution in [0.2, 0.25) is 0 Å². The summed E-state index contributed by atoms with van der Waals surface area (Å²) in [5.74, 6) is 1.23. The third-order valence-electron chi connectivity index (χ3n) is 4.31. The molecular formula is C22H18N2O4. The molecule has 3 aromatic carbocycles. The quantitative estimate of drug-likeness (QED) is 0.545. The smallest absolute Gasteiger partial charge is 0.255 e. The Balaban J connectivity index is 1.68. The maximum atomic E-state index is 12.8. The molecule has 28 heavy (non-hydrogen) atoms. The van der Waals surface area contributed by atoms with E-state index in [4.69, 9.17) is 13.9 Å². The van der Waals surface area contributed by atoms with E-state index < -0.39 is 0 Å². The number of hydrogen-bond donors (Lipinski definition) is 1. The second-order valence-electron chi connectivity index (χ2n) is 6.09. The van der Waals surface area contributed by atoms with Crippen molar-refractivity contribution in [1.82, 2.24) is 4.98 Å². The Labute approximate surface area is 161 Å². The molecule has 0 fully saturated rings. The van der Waals surface area contributed by atoms with Crippen molar-refractivity contribution in [1.29, 1.82) is 0 Å². The van der Waals surface area contributed by atoms with Gasteiger partial charge in [0.2, 0.25) is 5.89 Å². The lowest BCUT2D eigenvalue weighted by molar-refractivity contribution is 0.102. The van der Waals surface area contributed by atoms with Gasteiger partial charge in [-0.05, 0) is 36.4 Å². The number of hydrogen-bond acceptors (Lipinski definition) is 5. The Bertz CT molecular complexity index is 1090. The molecule has 1 heterocycles. The summed E-state index contributed by atoms with van der Waals surface area (Å²) in [5, 5.41) is 2.92. The number of nitrogens with zero attached hydrogens (tertiary/aromatic N) is 1. The van der Waals surface area contributed by atoms with Gasteiger partial charge in [-0.3, -0.25) is 4.79 Å². The van der Waals surface area contributed by atoms with Crippen molar-refractivity contribution in [3.8, 4) is 23.0 Å². The van der Waals surface area contributed by atoms with E-state index in [1.807, 2.05) is 42.5 Å². The second-order valence-corrected chi connectivity index (χ2v) is 6.09. The van der Waals surface area contributed by atoms with Crippen LogP contribution in [0.25, 0.3) is 22.6 Å². The van der Waals surface area contributed by atoms with Crippen LogP contribution in [0.5, 0.6) is 11.5 Å². The Hall–Kier alpha value is -3.80. The molecule has 6 heteroatoms. The standard InChI is InChI=1S/C22H18N2O4/c1-26-15-11-14(12-16(13-15)27-2)21(25)23-18-8-4-3-7-17(18)22-24-19-9-5-6-10-20(19)28-22/h3-13H,1-2H3,(H,23,25). The van der Waals surface area contributed by atoms with Gasteiger partial charge in [-0.25, -0.2) is 4.98 Å². The fourth-order valence-electron chi connectivity index (χ4n) is 2.90. The first-order chi connectivity index (χ1) is 13.7. The number of fused-ring (bicyclic) bond motifs is 1. The van der Waals surface area contributed by atoms with Crippen molar-refractivity contribution < 1.29 is 18.7 Å². The third-order valence-corrected chi connectivity index (χ3v) is 4.31. The average molecular weight is 374 g/mol. The molecule has 0 radical (unpaired) electrons. The number of nitrogens with one attached hydrogen (secondary N) is 1. The predicted molar refractivity (Wildman–Crippen MR) is 107 cm³/mol. The number of anilines is 1. The number of rotatable bonds is 5. The summed E-state index contributed by atoms with van der Waals surface area (Å²) in [7, 11) is 3.08. The van der Waals surface area contributed by atoms with Gasteiger partial charge in [-0.2, -0.15) is 0 Å². The predicted octanol–water partition coefficient (Wildman–Crippen LogP) is 4.76. The van der Waals surface area contributed by atoms with E-state index in [9.17, 15) is 4.79 Å². The number of amides is 1. The summed E-state index contributed by atoms with van der Waals surface area (Å²) in [6.07, 6.45) is 0. The van der Waals surface area contributed by atoms with Crippen LogP contribution in [0.4, 0.5) is 5.69 Å². The van der Waals surface area contributed by atoms with Gasteiger partial charge in [0, 0.05) is 11.6 Å². The van der Waals surface area contributed by atoms with Crippen LogP contribution in [0, 0.1) is 0 Å². The van der Waals surface area contributed by atoms with Gasteiger partial charge in [0.15, 0.2) is 5.58 Å². The van der Waals surface area contributed by atoms with Crippen LogP contribution in [0.1, 0.15) is 10.4 Å². The molecule has 0 atom stereocenters. The highest BCUT2D eigenvalue weighted by molar-refractivity contribution is 6.06. The summed E-state index contributed by atoms with van der Waals surface area (Å²) < 4.78 is 16.3. The highest BCUT2D eigenvalue weighted by atomic mass is 16.5. The summed E-state index contributed by atoms with van der Waals surface area (Å²) in [4.78, 5) is 17.4. The zero-order valence-electron chi connectivity index (χ0n) is 15.4. The molecule has 1 amide bonds. The first-order valence-electron chi connectivity index (χ1n) is 8.67. The minimum atomic E-state index is -0.291. The van der Waals surface area contributed by atoms with Gasteiger partial charge in [-0.1, -0.05) is 24.3 Å². The number of ether oxygens (including phenoxy) is 2. The van der Waals surface area contributed by atoms with Gasteiger partial charge < -0.3 is 19.2 Å².